The molecule has 0 unspecified atom stereocenters. The molecule has 1 aromatic rings. The summed E-state index contributed by atoms with van der Waals surface area (Å²) in [4.78, 5) is 17.5. The molecule has 1 rings (SSSR count). The number of nitrogens with one attached hydrogen (secondary N) is 1. The Kier molecular flexibility index (Phi) is 5.54. The highest BCUT2D eigenvalue weighted by Gasteiger charge is 2.14. The predicted octanol–water partition coefficient (Wildman–Crippen LogP) is 1.66. The predicted molar refractivity (Wildman–Crippen MR) is 71.8 cm³/mol. The first-order valence-corrected chi connectivity index (χ1v) is 6.49. The fourth-order valence-electron chi connectivity index (χ4n) is 1.45. The summed E-state index contributed by atoms with van der Waals surface area (Å²) in [6, 6.07) is 0. The highest BCUT2D eigenvalue weighted by Crippen LogP contribution is 2.16. The summed E-state index contributed by atoms with van der Waals surface area (Å²) in [5.41, 5.74) is 0.941. The Morgan fingerprint density at radius 3 is 2.88 bits per heavy atom. The number of carbonyl (C=O) groups excluding carboxylic acids is 1. The summed E-state index contributed by atoms with van der Waals surface area (Å²) < 4.78 is 0.683. The van der Waals surface area contributed by atoms with Crippen LogP contribution in [-0.2, 0) is 11.2 Å². The summed E-state index contributed by atoms with van der Waals surface area (Å²) in [5, 5.41) is 8.89. The molecule has 4 nitrogen and oxygen atoms in total. The minimum absolute atomic E-state index is 0.0210. The van der Waals surface area contributed by atoms with Crippen molar-refractivity contribution in [2.75, 3.05) is 19.7 Å². The molecular formula is C11H16N2O2S2. The van der Waals surface area contributed by atoms with Gasteiger partial charge in [0, 0.05) is 23.7 Å². The molecule has 0 saturated carbocycles. The van der Waals surface area contributed by atoms with Crippen LogP contribution in [0.15, 0.2) is 12.7 Å². The minimum Gasteiger partial charge on any atom is -0.395 e. The number of hydrogen-bond acceptors (Lipinski definition) is 4. The summed E-state index contributed by atoms with van der Waals surface area (Å²) in [7, 11) is 0. The lowest BCUT2D eigenvalue weighted by molar-refractivity contribution is -0.130. The molecular weight excluding hydrogens is 256 g/mol. The number of aromatic nitrogens is 1. The van der Waals surface area contributed by atoms with Crippen molar-refractivity contribution in [3.05, 3.63) is 27.2 Å². The first-order valence-electron chi connectivity index (χ1n) is 5.26. The molecule has 0 aliphatic rings. The standard InChI is InChI=1S/C11H16N2O2S2/c1-3-4-13(5-6-14)10(15)7-9-8(2)12-11(16)17-9/h3,14H,1,4-7H2,2H3,(H,12,16). The molecule has 1 aromatic heterocycles. The molecule has 0 fully saturated rings. The molecule has 94 valence electrons. The maximum Gasteiger partial charge on any atom is 0.228 e. The summed E-state index contributed by atoms with van der Waals surface area (Å²) in [6.45, 7) is 6.25. The second-order valence-electron chi connectivity index (χ2n) is 3.59. The van der Waals surface area contributed by atoms with Gasteiger partial charge in [-0.15, -0.1) is 17.9 Å². The number of aliphatic hydroxyl groups excluding tert-OH is 1. The van der Waals surface area contributed by atoms with E-state index < -0.39 is 0 Å². The van der Waals surface area contributed by atoms with Crippen LogP contribution in [-0.4, -0.2) is 40.6 Å². The van der Waals surface area contributed by atoms with Crippen molar-refractivity contribution in [2.24, 2.45) is 0 Å². The van der Waals surface area contributed by atoms with Crippen LogP contribution in [0.5, 0.6) is 0 Å². The Bertz CT molecular complexity index is 451. The van der Waals surface area contributed by atoms with Gasteiger partial charge in [0.2, 0.25) is 5.91 Å². The minimum atomic E-state index is -0.0403. The topological polar surface area (TPSA) is 56.3 Å². The van der Waals surface area contributed by atoms with E-state index in [9.17, 15) is 4.79 Å². The highest BCUT2D eigenvalue weighted by molar-refractivity contribution is 7.73. The Morgan fingerprint density at radius 1 is 1.71 bits per heavy atom. The average Bonchev–Trinajstić information content (AvgIpc) is 2.57. The number of aromatic amines is 1. The number of hydrogen-bond donors (Lipinski definition) is 2. The van der Waals surface area contributed by atoms with E-state index in [1.165, 1.54) is 11.3 Å². The Morgan fingerprint density at radius 2 is 2.41 bits per heavy atom. The monoisotopic (exact) mass is 272 g/mol. The summed E-state index contributed by atoms with van der Waals surface area (Å²) >= 11 is 6.44. The van der Waals surface area contributed by atoms with Crippen molar-refractivity contribution in [3.8, 4) is 0 Å². The quantitative estimate of drug-likeness (QED) is 0.612. The zero-order valence-electron chi connectivity index (χ0n) is 9.73. The van der Waals surface area contributed by atoms with Gasteiger partial charge in [0.1, 0.15) is 0 Å². The van der Waals surface area contributed by atoms with E-state index >= 15 is 0 Å². The normalized spacial score (nSPS) is 10.2. The molecule has 0 aromatic carbocycles. The molecule has 0 atom stereocenters. The van der Waals surface area contributed by atoms with Gasteiger partial charge < -0.3 is 15.0 Å². The van der Waals surface area contributed by atoms with Gasteiger partial charge in [-0.3, -0.25) is 4.79 Å². The van der Waals surface area contributed by atoms with E-state index in [0.717, 1.165) is 10.6 Å². The molecule has 17 heavy (non-hydrogen) atoms. The molecule has 0 spiro atoms. The molecule has 0 bridgehead atoms. The van der Waals surface area contributed by atoms with E-state index in [4.69, 9.17) is 17.3 Å². The number of aryl methyl sites for hydroxylation is 1. The third-order valence-corrected chi connectivity index (χ3v) is 3.64. The number of thiazole rings is 1. The first kappa shape index (κ1) is 14.1. The summed E-state index contributed by atoms with van der Waals surface area (Å²) in [5.74, 6) is -0.0210. The second kappa shape index (κ2) is 6.68. The molecule has 1 amide bonds. The lowest BCUT2D eigenvalue weighted by Crippen LogP contribution is -2.34. The molecule has 0 radical (unpaired) electrons. The van der Waals surface area contributed by atoms with Gasteiger partial charge in [-0.1, -0.05) is 6.08 Å². The van der Waals surface area contributed by atoms with Crippen molar-refractivity contribution in [1.82, 2.24) is 9.88 Å². The van der Waals surface area contributed by atoms with Crippen molar-refractivity contribution in [3.63, 3.8) is 0 Å². The van der Waals surface area contributed by atoms with Gasteiger partial charge in [0.25, 0.3) is 0 Å². The Balaban J connectivity index is 2.72. The third-order valence-electron chi connectivity index (χ3n) is 2.31. The maximum atomic E-state index is 12.0. The average molecular weight is 272 g/mol. The molecule has 6 heteroatoms. The largest absolute Gasteiger partial charge is 0.395 e. The lowest BCUT2D eigenvalue weighted by atomic mass is 10.2. The number of aliphatic hydroxyl groups is 1. The van der Waals surface area contributed by atoms with E-state index in [1.807, 2.05) is 6.92 Å². The van der Waals surface area contributed by atoms with E-state index in [2.05, 4.69) is 11.6 Å². The zero-order chi connectivity index (χ0) is 12.8. The van der Waals surface area contributed by atoms with Crippen molar-refractivity contribution < 1.29 is 9.90 Å². The molecule has 2 N–H and O–H groups in total. The van der Waals surface area contributed by atoms with Gasteiger partial charge in [-0.25, -0.2) is 0 Å². The van der Waals surface area contributed by atoms with Gasteiger partial charge in [-0.2, -0.15) is 0 Å². The van der Waals surface area contributed by atoms with Gasteiger partial charge in [0.15, 0.2) is 3.95 Å². The smallest absolute Gasteiger partial charge is 0.228 e. The first-order chi connectivity index (χ1) is 8.08. The molecule has 1 heterocycles. The SMILES string of the molecule is C=CCN(CCO)C(=O)Cc1sc(=S)[nH]c1C. The number of rotatable bonds is 6. The van der Waals surface area contributed by atoms with Crippen LogP contribution in [0.1, 0.15) is 10.6 Å². The van der Waals surface area contributed by atoms with Gasteiger partial charge >= 0.3 is 0 Å². The summed E-state index contributed by atoms with van der Waals surface area (Å²) in [6.07, 6.45) is 1.97. The van der Waals surface area contributed by atoms with Gasteiger partial charge in [0.05, 0.1) is 13.0 Å². The van der Waals surface area contributed by atoms with Crippen LogP contribution in [0.25, 0.3) is 0 Å². The molecule has 0 saturated heterocycles. The third kappa shape index (κ3) is 4.07. The van der Waals surface area contributed by atoms with Crippen LogP contribution < -0.4 is 0 Å². The van der Waals surface area contributed by atoms with Gasteiger partial charge in [-0.05, 0) is 19.1 Å². The van der Waals surface area contributed by atoms with Crippen molar-refractivity contribution >= 4 is 29.5 Å². The number of amides is 1. The van der Waals surface area contributed by atoms with E-state index in [0.29, 0.717) is 23.5 Å². The second-order valence-corrected chi connectivity index (χ2v) is 5.36. The number of nitrogens with zero attached hydrogens (tertiary/aromatic N) is 1. The van der Waals surface area contributed by atoms with Crippen LogP contribution in [0.3, 0.4) is 0 Å². The van der Waals surface area contributed by atoms with Crippen LogP contribution >= 0.6 is 23.6 Å². The zero-order valence-corrected chi connectivity index (χ0v) is 11.4. The lowest BCUT2D eigenvalue weighted by Gasteiger charge is -2.19. The fourth-order valence-corrected chi connectivity index (χ4v) is 2.73. The van der Waals surface area contributed by atoms with E-state index in [-0.39, 0.29) is 12.5 Å². The fraction of sp³-hybridized carbons (Fsp3) is 0.455. The maximum absolute atomic E-state index is 12.0. The number of carbonyl (C=O) groups is 1. The molecule has 0 aliphatic heterocycles. The Hall–Kier alpha value is -0.980. The van der Waals surface area contributed by atoms with E-state index in [1.54, 1.807) is 11.0 Å². The number of H-pyrrole nitrogens is 1. The van der Waals surface area contributed by atoms with Crippen LogP contribution in [0, 0.1) is 10.9 Å². The Labute approximate surface area is 110 Å². The van der Waals surface area contributed by atoms with Crippen molar-refractivity contribution in [2.45, 2.75) is 13.3 Å². The van der Waals surface area contributed by atoms with Crippen LogP contribution in [0.4, 0.5) is 0 Å². The highest BCUT2D eigenvalue weighted by atomic mass is 32.1. The van der Waals surface area contributed by atoms with Crippen molar-refractivity contribution in [1.29, 1.82) is 0 Å². The van der Waals surface area contributed by atoms with Crippen LogP contribution in [0.2, 0.25) is 0 Å². The molecule has 0 aliphatic carbocycles.